The van der Waals surface area contributed by atoms with Crippen molar-refractivity contribution in [1.29, 1.82) is 0 Å². The van der Waals surface area contributed by atoms with E-state index in [1.165, 1.54) is 32.1 Å². The van der Waals surface area contributed by atoms with Gasteiger partial charge in [0, 0.05) is 31.7 Å². The van der Waals surface area contributed by atoms with Crippen LogP contribution in [0.2, 0.25) is 0 Å². The van der Waals surface area contributed by atoms with E-state index in [1.807, 2.05) is 25.2 Å². The van der Waals surface area contributed by atoms with Gasteiger partial charge in [0.2, 0.25) is 0 Å². The number of nitrogens with zero attached hydrogens (tertiary/aromatic N) is 2. The third-order valence-electron chi connectivity index (χ3n) is 5.20. The third-order valence-corrected chi connectivity index (χ3v) is 5.20. The van der Waals surface area contributed by atoms with Gasteiger partial charge < -0.3 is 20.3 Å². The fourth-order valence-corrected chi connectivity index (χ4v) is 3.74. The molecule has 1 unspecified atom stereocenters. The molecular formula is C20H35IN4O. The minimum absolute atomic E-state index is 0. The van der Waals surface area contributed by atoms with Crippen LogP contribution in [0.3, 0.4) is 0 Å². The van der Waals surface area contributed by atoms with Crippen molar-refractivity contribution in [2.24, 2.45) is 10.9 Å². The number of hydrogen-bond acceptors (Lipinski definition) is 3. The van der Waals surface area contributed by atoms with Crippen LogP contribution in [0.25, 0.3) is 0 Å². The van der Waals surface area contributed by atoms with Crippen LogP contribution in [0.1, 0.15) is 37.7 Å². The average Bonchev–Trinajstić information content (AvgIpc) is 2.65. The summed E-state index contributed by atoms with van der Waals surface area (Å²) in [6.07, 6.45) is 6.83. The Bertz CT molecular complexity index is 544. The van der Waals surface area contributed by atoms with Crippen molar-refractivity contribution in [3.63, 3.8) is 0 Å². The van der Waals surface area contributed by atoms with Crippen LogP contribution in [0.15, 0.2) is 29.3 Å². The number of ether oxygens (including phenoxy) is 1. The van der Waals surface area contributed by atoms with Crippen molar-refractivity contribution >= 4 is 29.9 Å². The number of halogens is 1. The van der Waals surface area contributed by atoms with Gasteiger partial charge in [0.15, 0.2) is 5.96 Å². The highest BCUT2D eigenvalue weighted by Crippen LogP contribution is 2.28. The van der Waals surface area contributed by atoms with Crippen LogP contribution in [0.4, 0.5) is 0 Å². The lowest BCUT2D eigenvalue weighted by Crippen LogP contribution is -2.48. The molecule has 1 atom stereocenters. The summed E-state index contributed by atoms with van der Waals surface area (Å²) in [7, 11) is 7.90. The first-order valence-electron chi connectivity index (χ1n) is 9.38. The molecule has 6 heteroatoms. The smallest absolute Gasteiger partial charge is 0.191 e. The first-order chi connectivity index (χ1) is 12.2. The zero-order valence-corrected chi connectivity index (χ0v) is 19.0. The second kappa shape index (κ2) is 12.4. The number of benzene rings is 1. The summed E-state index contributed by atoms with van der Waals surface area (Å²) in [6, 6.07) is 8.62. The molecule has 0 heterocycles. The fraction of sp³-hybridized carbons (Fsp3) is 0.650. The Morgan fingerprint density at radius 3 is 2.50 bits per heavy atom. The van der Waals surface area contributed by atoms with E-state index in [-0.39, 0.29) is 24.0 Å². The van der Waals surface area contributed by atoms with E-state index >= 15 is 0 Å². The lowest BCUT2D eigenvalue weighted by Gasteiger charge is -2.35. The van der Waals surface area contributed by atoms with Crippen LogP contribution < -0.4 is 15.4 Å². The summed E-state index contributed by atoms with van der Waals surface area (Å²) in [6.45, 7) is 1.61. The highest BCUT2D eigenvalue weighted by molar-refractivity contribution is 14.0. The Morgan fingerprint density at radius 2 is 1.88 bits per heavy atom. The fourth-order valence-electron chi connectivity index (χ4n) is 3.74. The van der Waals surface area contributed by atoms with Gasteiger partial charge in [-0.3, -0.25) is 4.99 Å². The molecule has 1 aliphatic rings. The van der Waals surface area contributed by atoms with Crippen molar-refractivity contribution in [1.82, 2.24) is 15.5 Å². The SMILES string of the molecule is CN=C(NCc1ccccc1OC)NCC(C1CCCCC1)N(C)C.I. The monoisotopic (exact) mass is 474 g/mol. The van der Waals surface area contributed by atoms with Gasteiger partial charge >= 0.3 is 0 Å². The first kappa shape index (κ1) is 23.0. The number of para-hydroxylation sites is 1. The van der Waals surface area contributed by atoms with Crippen molar-refractivity contribution in [3.05, 3.63) is 29.8 Å². The number of nitrogens with one attached hydrogen (secondary N) is 2. The quantitative estimate of drug-likeness (QED) is 0.361. The Morgan fingerprint density at radius 1 is 1.19 bits per heavy atom. The van der Waals surface area contributed by atoms with Gasteiger partial charge in [0.05, 0.1) is 7.11 Å². The van der Waals surface area contributed by atoms with Gasteiger partial charge in [0.25, 0.3) is 0 Å². The van der Waals surface area contributed by atoms with E-state index in [1.54, 1.807) is 7.11 Å². The average molecular weight is 474 g/mol. The molecule has 0 spiro atoms. The molecule has 1 fully saturated rings. The molecule has 26 heavy (non-hydrogen) atoms. The molecule has 0 saturated heterocycles. The van der Waals surface area contributed by atoms with Gasteiger partial charge in [-0.2, -0.15) is 0 Å². The maximum atomic E-state index is 5.41. The largest absolute Gasteiger partial charge is 0.496 e. The molecule has 0 aromatic heterocycles. The van der Waals surface area contributed by atoms with E-state index in [9.17, 15) is 0 Å². The van der Waals surface area contributed by atoms with Crippen LogP contribution >= 0.6 is 24.0 Å². The van der Waals surface area contributed by atoms with Gasteiger partial charge in [-0.15, -0.1) is 24.0 Å². The molecule has 1 aliphatic carbocycles. The number of guanidine groups is 1. The topological polar surface area (TPSA) is 48.9 Å². The summed E-state index contributed by atoms with van der Waals surface area (Å²) in [4.78, 5) is 6.73. The van der Waals surface area contributed by atoms with E-state index in [0.717, 1.165) is 29.7 Å². The van der Waals surface area contributed by atoms with Gasteiger partial charge in [-0.1, -0.05) is 37.5 Å². The normalized spacial score (nSPS) is 16.7. The number of rotatable bonds is 7. The van der Waals surface area contributed by atoms with Crippen molar-refractivity contribution in [3.8, 4) is 5.75 Å². The summed E-state index contributed by atoms with van der Waals surface area (Å²) >= 11 is 0. The Hall–Kier alpha value is -1.02. The summed E-state index contributed by atoms with van der Waals surface area (Å²) < 4.78 is 5.41. The molecular weight excluding hydrogens is 439 g/mol. The molecule has 2 rings (SSSR count). The Kier molecular flexibility index (Phi) is 11.0. The van der Waals surface area contributed by atoms with Gasteiger partial charge in [-0.05, 0) is 38.9 Å². The second-order valence-electron chi connectivity index (χ2n) is 7.05. The van der Waals surface area contributed by atoms with Gasteiger partial charge in [0.1, 0.15) is 5.75 Å². The molecule has 0 bridgehead atoms. The first-order valence-corrected chi connectivity index (χ1v) is 9.38. The summed E-state index contributed by atoms with van der Waals surface area (Å²) in [5.74, 6) is 2.52. The van der Waals surface area contributed by atoms with E-state index < -0.39 is 0 Å². The summed E-state index contributed by atoms with van der Waals surface area (Å²) in [5, 5.41) is 6.91. The van der Waals surface area contributed by atoms with E-state index in [2.05, 4.69) is 40.7 Å². The number of aliphatic imine (C=N–C) groups is 1. The maximum absolute atomic E-state index is 5.41. The summed E-state index contributed by atoms with van der Waals surface area (Å²) in [5.41, 5.74) is 1.13. The molecule has 0 aliphatic heterocycles. The zero-order chi connectivity index (χ0) is 18.1. The second-order valence-corrected chi connectivity index (χ2v) is 7.05. The molecule has 1 saturated carbocycles. The number of methoxy groups -OCH3 is 1. The van der Waals surface area contributed by atoms with Crippen molar-refractivity contribution in [2.45, 2.75) is 44.7 Å². The predicted octanol–water partition coefficient (Wildman–Crippen LogP) is 3.49. The highest BCUT2D eigenvalue weighted by atomic mass is 127. The molecule has 148 valence electrons. The zero-order valence-electron chi connectivity index (χ0n) is 16.6. The van der Waals surface area contributed by atoms with Crippen molar-refractivity contribution < 1.29 is 4.74 Å². The predicted molar refractivity (Wildman–Crippen MR) is 121 cm³/mol. The highest BCUT2D eigenvalue weighted by Gasteiger charge is 2.25. The van der Waals surface area contributed by atoms with Gasteiger partial charge in [-0.25, -0.2) is 0 Å². The number of hydrogen-bond donors (Lipinski definition) is 2. The van der Waals surface area contributed by atoms with Crippen LogP contribution in [-0.2, 0) is 6.54 Å². The molecule has 0 amide bonds. The standard InChI is InChI=1S/C20H34N4O.HI/c1-21-20(22-14-17-12-8-9-13-19(17)25-4)23-15-18(24(2)3)16-10-6-5-7-11-16;/h8-9,12-13,16,18H,5-7,10-11,14-15H2,1-4H3,(H2,21,22,23);1H. The minimum atomic E-state index is 0. The Labute approximate surface area is 176 Å². The lowest BCUT2D eigenvalue weighted by molar-refractivity contribution is 0.171. The van der Waals surface area contributed by atoms with E-state index in [4.69, 9.17) is 4.74 Å². The minimum Gasteiger partial charge on any atom is -0.496 e. The lowest BCUT2D eigenvalue weighted by atomic mass is 9.83. The van der Waals surface area contributed by atoms with Crippen LogP contribution in [0.5, 0.6) is 5.75 Å². The van der Waals surface area contributed by atoms with E-state index in [0.29, 0.717) is 12.6 Å². The molecule has 2 N–H and O–H groups in total. The third kappa shape index (κ3) is 6.95. The molecule has 1 aromatic rings. The molecule has 5 nitrogen and oxygen atoms in total. The van der Waals surface area contributed by atoms with Crippen LogP contribution in [-0.4, -0.2) is 51.7 Å². The molecule has 1 aromatic carbocycles. The molecule has 0 radical (unpaired) electrons. The van der Waals surface area contributed by atoms with Crippen LogP contribution in [0, 0.1) is 5.92 Å². The maximum Gasteiger partial charge on any atom is 0.191 e. The Balaban J connectivity index is 0.00000338. The number of likely N-dealkylation sites (N-methyl/N-ethyl adjacent to an activating group) is 1. The van der Waals surface area contributed by atoms with Crippen molar-refractivity contribution in [2.75, 3.05) is 34.8 Å².